The Morgan fingerprint density at radius 3 is 2.50 bits per heavy atom. The molecule has 122 valence electrons. The third kappa shape index (κ3) is 4.00. The van der Waals surface area contributed by atoms with Gasteiger partial charge in [0.2, 0.25) is 11.8 Å². The summed E-state index contributed by atoms with van der Waals surface area (Å²) in [5, 5.41) is 11.5. The van der Waals surface area contributed by atoms with Crippen LogP contribution in [0.5, 0.6) is 0 Å². The average Bonchev–Trinajstić information content (AvgIpc) is 3.05. The third-order valence-electron chi connectivity index (χ3n) is 3.50. The standard InChI is InChI=1S/C18H16ClN3O2/c1-12-2-4-14(5-3-12)18-22-21-16(24-18)10-11-20-17(23)13-6-8-15(19)9-7-13/h2-9H,10-11H2,1H3,(H,20,23). The summed E-state index contributed by atoms with van der Waals surface area (Å²) in [5.41, 5.74) is 2.61. The van der Waals surface area contributed by atoms with Crippen molar-refractivity contribution in [3.63, 3.8) is 0 Å². The van der Waals surface area contributed by atoms with Crippen LogP contribution in [0.1, 0.15) is 21.8 Å². The molecule has 6 heteroatoms. The molecule has 3 aromatic rings. The number of carbonyl (C=O) groups excluding carboxylic acids is 1. The maximum Gasteiger partial charge on any atom is 0.251 e. The van der Waals surface area contributed by atoms with E-state index in [4.69, 9.17) is 16.0 Å². The summed E-state index contributed by atoms with van der Waals surface area (Å²) in [5.74, 6) is 0.806. The summed E-state index contributed by atoms with van der Waals surface area (Å²) in [6.45, 7) is 2.43. The minimum Gasteiger partial charge on any atom is -0.421 e. The van der Waals surface area contributed by atoms with Crippen molar-refractivity contribution < 1.29 is 9.21 Å². The molecule has 0 spiro atoms. The van der Waals surface area contributed by atoms with Crippen molar-refractivity contribution in [3.8, 4) is 11.5 Å². The van der Waals surface area contributed by atoms with Gasteiger partial charge in [-0.3, -0.25) is 4.79 Å². The van der Waals surface area contributed by atoms with Crippen molar-refractivity contribution in [2.75, 3.05) is 6.54 Å². The molecular formula is C18H16ClN3O2. The van der Waals surface area contributed by atoms with Crippen LogP contribution in [-0.4, -0.2) is 22.6 Å². The Hall–Kier alpha value is -2.66. The molecule has 0 saturated carbocycles. The van der Waals surface area contributed by atoms with E-state index in [0.717, 1.165) is 5.56 Å². The topological polar surface area (TPSA) is 68.0 Å². The normalized spacial score (nSPS) is 10.6. The Labute approximate surface area is 144 Å². The van der Waals surface area contributed by atoms with Crippen LogP contribution < -0.4 is 5.32 Å². The van der Waals surface area contributed by atoms with E-state index in [1.807, 2.05) is 31.2 Å². The van der Waals surface area contributed by atoms with Gasteiger partial charge in [0.15, 0.2) is 0 Å². The lowest BCUT2D eigenvalue weighted by atomic mass is 10.1. The van der Waals surface area contributed by atoms with E-state index in [1.165, 1.54) is 5.56 Å². The largest absolute Gasteiger partial charge is 0.421 e. The van der Waals surface area contributed by atoms with Crippen molar-refractivity contribution in [3.05, 3.63) is 70.6 Å². The number of carbonyl (C=O) groups is 1. The highest BCUT2D eigenvalue weighted by atomic mass is 35.5. The van der Waals surface area contributed by atoms with Gasteiger partial charge < -0.3 is 9.73 Å². The van der Waals surface area contributed by atoms with E-state index in [9.17, 15) is 4.79 Å². The Morgan fingerprint density at radius 1 is 1.08 bits per heavy atom. The van der Waals surface area contributed by atoms with Crippen LogP contribution in [-0.2, 0) is 6.42 Å². The lowest BCUT2D eigenvalue weighted by molar-refractivity contribution is 0.0953. The van der Waals surface area contributed by atoms with E-state index >= 15 is 0 Å². The van der Waals surface area contributed by atoms with Crippen LogP contribution in [0.15, 0.2) is 52.9 Å². The molecule has 0 bridgehead atoms. The van der Waals surface area contributed by atoms with E-state index in [1.54, 1.807) is 24.3 Å². The second-order valence-corrected chi connectivity index (χ2v) is 5.82. The van der Waals surface area contributed by atoms with E-state index in [0.29, 0.717) is 35.3 Å². The van der Waals surface area contributed by atoms with Gasteiger partial charge in [0, 0.05) is 29.1 Å². The quantitative estimate of drug-likeness (QED) is 0.768. The number of halogens is 1. The van der Waals surface area contributed by atoms with Gasteiger partial charge in [-0.15, -0.1) is 10.2 Å². The van der Waals surface area contributed by atoms with Gasteiger partial charge in [-0.25, -0.2) is 0 Å². The highest BCUT2D eigenvalue weighted by Crippen LogP contribution is 2.18. The van der Waals surface area contributed by atoms with Gasteiger partial charge >= 0.3 is 0 Å². The Kier molecular flexibility index (Phi) is 4.91. The number of aromatic nitrogens is 2. The molecule has 0 aliphatic carbocycles. The molecule has 1 N–H and O–H groups in total. The van der Waals surface area contributed by atoms with Crippen molar-refractivity contribution in [1.29, 1.82) is 0 Å². The molecule has 24 heavy (non-hydrogen) atoms. The van der Waals surface area contributed by atoms with E-state index in [-0.39, 0.29) is 5.91 Å². The van der Waals surface area contributed by atoms with Gasteiger partial charge in [0.05, 0.1) is 0 Å². The van der Waals surface area contributed by atoms with Crippen LogP contribution in [0.4, 0.5) is 0 Å². The fourth-order valence-electron chi connectivity index (χ4n) is 2.15. The number of amides is 1. The minimum absolute atomic E-state index is 0.162. The Balaban J connectivity index is 1.55. The fourth-order valence-corrected chi connectivity index (χ4v) is 2.28. The molecule has 0 aliphatic heterocycles. The molecule has 3 rings (SSSR count). The maximum atomic E-state index is 12.0. The lowest BCUT2D eigenvalue weighted by Gasteiger charge is -2.03. The van der Waals surface area contributed by atoms with Gasteiger partial charge in [-0.05, 0) is 43.3 Å². The van der Waals surface area contributed by atoms with Gasteiger partial charge in [0.25, 0.3) is 5.91 Å². The number of benzene rings is 2. The summed E-state index contributed by atoms with van der Waals surface area (Å²) >= 11 is 5.80. The highest BCUT2D eigenvalue weighted by Gasteiger charge is 2.09. The summed E-state index contributed by atoms with van der Waals surface area (Å²) in [6, 6.07) is 14.6. The van der Waals surface area contributed by atoms with Crippen LogP contribution in [0.25, 0.3) is 11.5 Å². The van der Waals surface area contributed by atoms with Gasteiger partial charge in [-0.1, -0.05) is 29.3 Å². The molecule has 0 aliphatic rings. The molecule has 1 amide bonds. The zero-order chi connectivity index (χ0) is 16.9. The van der Waals surface area contributed by atoms with Crippen LogP contribution in [0, 0.1) is 6.92 Å². The first kappa shape index (κ1) is 16.2. The highest BCUT2D eigenvalue weighted by molar-refractivity contribution is 6.30. The van der Waals surface area contributed by atoms with Crippen molar-refractivity contribution in [2.45, 2.75) is 13.3 Å². The molecular weight excluding hydrogens is 326 g/mol. The summed E-state index contributed by atoms with van der Waals surface area (Å²) in [7, 11) is 0. The summed E-state index contributed by atoms with van der Waals surface area (Å²) in [4.78, 5) is 12.0. The summed E-state index contributed by atoms with van der Waals surface area (Å²) < 4.78 is 5.62. The molecule has 0 radical (unpaired) electrons. The molecule has 5 nitrogen and oxygen atoms in total. The number of rotatable bonds is 5. The minimum atomic E-state index is -0.162. The smallest absolute Gasteiger partial charge is 0.251 e. The van der Waals surface area contributed by atoms with Crippen LogP contribution in [0.2, 0.25) is 5.02 Å². The van der Waals surface area contributed by atoms with Crippen molar-refractivity contribution in [1.82, 2.24) is 15.5 Å². The molecule has 0 saturated heterocycles. The molecule has 1 aromatic heterocycles. The zero-order valence-corrected chi connectivity index (χ0v) is 13.9. The zero-order valence-electron chi connectivity index (χ0n) is 13.1. The van der Waals surface area contributed by atoms with Crippen molar-refractivity contribution >= 4 is 17.5 Å². The SMILES string of the molecule is Cc1ccc(-c2nnc(CCNC(=O)c3ccc(Cl)cc3)o2)cc1. The number of aryl methyl sites for hydroxylation is 1. The number of nitrogens with one attached hydrogen (secondary N) is 1. The average molecular weight is 342 g/mol. The third-order valence-corrected chi connectivity index (χ3v) is 3.75. The molecule has 0 fully saturated rings. The summed E-state index contributed by atoms with van der Waals surface area (Å²) in [6.07, 6.45) is 0.470. The molecule has 0 unspecified atom stereocenters. The first-order valence-electron chi connectivity index (χ1n) is 7.55. The van der Waals surface area contributed by atoms with Gasteiger partial charge in [-0.2, -0.15) is 0 Å². The maximum absolute atomic E-state index is 12.0. The second kappa shape index (κ2) is 7.27. The number of hydrogen-bond acceptors (Lipinski definition) is 4. The molecule has 1 heterocycles. The predicted octanol–water partition coefficient (Wildman–Crippen LogP) is 3.67. The number of nitrogens with zero attached hydrogens (tertiary/aromatic N) is 2. The molecule has 0 atom stereocenters. The Morgan fingerprint density at radius 2 is 1.79 bits per heavy atom. The van der Waals surface area contributed by atoms with Crippen molar-refractivity contribution in [2.24, 2.45) is 0 Å². The van der Waals surface area contributed by atoms with E-state index in [2.05, 4.69) is 15.5 Å². The predicted molar refractivity (Wildman–Crippen MR) is 92.0 cm³/mol. The first-order valence-corrected chi connectivity index (χ1v) is 7.93. The fraction of sp³-hybridized carbons (Fsp3) is 0.167. The van der Waals surface area contributed by atoms with E-state index < -0.39 is 0 Å². The second-order valence-electron chi connectivity index (χ2n) is 5.38. The molecule has 2 aromatic carbocycles. The first-order chi connectivity index (χ1) is 11.6. The van der Waals surface area contributed by atoms with Crippen LogP contribution >= 0.6 is 11.6 Å². The van der Waals surface area contributed by atoms with Gasteiger partial charge in [0.1, 0.15) is 0 Å². The monoisotopic (exact) mass is 341 g/mol. The Bertz CT molecular complexity index is 826. The lowest BCUT2D eigenvalue weighted by Crippen LogP contribution is -2.25. The number of hydrogen-bond donors (Lipinski definition) is 1. The van der Waals surface area contributed by atoms with Crippen LogP contribution in [0.3, 0.4) is 0 Å².